The van der Waals surface area contributed by atoms with Crippen LogP contribution < -0.4 is 10.6 Å². The molecule has 1 saturated carbocycles. The van der Waals surface area contributed by atoms with Gasteiger partial charge in [0.2, 0.25) is 11.8 Å². The fourth-order valence-corrected chi connectivity index (χ4v) is 3.40. The van der Waals surface area contributed by atoms with E-state index in [1.54, 1.807) is 23.9 Å². The molecule has 1 saturated heterocycles. The Morgan fingerprint density at radius 3 is 2.54 bits per heavy atom. The maximum atomic E-state index is 11.9. The zero-order valence-electron chi connectivity index (χ0n) is 16.3. The summed E-state index contributed by atoms with van der Waals surface area (Å²) >= 11 is 0. The summed E-state index contributed by atoms with van der Waals surface area (Å²) in [6, 6.07) is 0.176. The lowest BCUT2D eigenvalue weighted by atomic mass is 9.89. The second kappa shape index (κ2) is 11.6. The third kappa shape index (κ3) is 7.67. The van der Waals surface area contributed by atoms with Crippen molar-refractivity contribution in [2.45, 2.75) is 51.0 Å². The fourth-order valence-electron chi connectivity index (χ4n) is 3.40. The number of likely N-dealkylation sites (N-methyl/N-ethyl adjacent to an activating group) is 2. The number of guanidine groups is 1. The van der Waals surface area contributed by atoms with Gasteiger partial charge in [-0.15, -0.1) is 24.0 Å². The second-order valence-electron chi connectivity index (χ2n) is 7.49. The van der Waals surface area contributed by atoms with E-state index >= 15 is 0 Å². The summed E-state index contributed by atoms with van der Waals surface area (Å²) < 4.78 is 0. The topological polar surface area (TPSA) is 77.0 Å². The monoisotopic (exact) mass is 479 g/mol. The van der Waals surface area contributed by atoms with Crippen LogP contribution in [0.15, 0.2) is 4.99 Å². The number of nitrogens with one attached hydrogen (secondary N) is 2. The fraction of sp³-hybridized carbons (Fsp3) is 0.833. The minimum atomic E-state index is -0.0188. The van der Waals surface area contributed by atoms with Crippen LogP contribution in [0.3, 0.4) is 0 Å². The largest absolute Gasteiger partial charge is 0.356 e. The number of nitrogens with zero attached hydrogens (tertiary/aromatic N) is 3. The molecule has 0 radical (unpaired) electrons. The number of carbonyl (C=O) groups is 2. The average Bonchev–Trinajstić information content (AvgIpc) is 2.61. The van der Waals surface area contributed by atoms with Crippen LogP contribution in [0.25, 0.3) is 0 Å². The highest BCUT2D eigenvalue weighted by molar-refractivity contribution is 14.0. The lowest BCUT2D eigenvalue weighted by Gasteiger charge is -2.31. The van der Waals surface area contributed by atoms with Crippen molar-refractivity contribution in [1.82, 2.24) is 20.4 Å². The Balaban J connectivity index is 0.00000338. The number of hydrogen-bond acceptors (Lipinski definition) is 3. The quantitative estimate of drug-likeness (QED) is 0.356. The Morgan fingerprint density at radius 1 is 1.23 bits per heavy atom. The van der Waals surface area contributed by atoms with E-state index in [1.807, 2.05) is 7.05 Å². The zero-order chi connectivity index (χ0) is 18.2. The first-order valence-corrected chi connectivity index (χ1v) is 9.44. The summed E-state index contributed by atoms with van der Waals surface area (Å²) in [6.45, 7) is 1.70. The number of likely N-dealkylation sites (tertiary alicyclic amines) is 1. The summed E-state index contributed by atoms with van der Waals surface area (Å²) in [5, 5.41) is 6.84. The number of carbonyl (C=O) groups excluding carboxylic acids is 2. The number of aliphatic imine (C=N–C) groups is 1. The van der Waals surface area contributed by atoms with Gasteiger partial charge in [-0.05, 0) is 25.2 Å². The predicted molar refractivity (Wildman–Crippen MR) is 115 cm³/mol. The summed E-state index contributed by atoms with van der Waals surface area (Å²) in [7, 11) is 5.31. The number of hydrogen-bond donors (Lipinski definition) is 2. The molecule has 26 heavy (non-hydrogen) atoms. The van der Waals surface area contributed by atoms with E-state index < -0.39 is 0 Å². The molecule has 0 aromatic heterocycles. The Kier molecular flexibility index (Phi) is 10.3. The maximum Gasteiger partial charge on any atom is 0.243 e. The van der Waals surface area contributed by atoms with Crippen molar-refractivity contribution >= 4 is 41.8 Å². The molecule has 2 aliphatic rings. The molecule has 1 unspecified atom stereocenters. The molecule has 0 aromatic carbocycles. The van der Waals surface area contributed by atoms with Crippen molar-refractivity contribution in [3.8, 4) is 0 Å². The van der Waals surface area contributed by atoms with Crippen LogP contribution in [-0.4, -0.2) is 74.4 Å². The normalized spacial score (nSPS) is 21.8. The first-order valence-electron chi connectivity index (χ1n) is 9.44. The lowest BCUT2D eigenvalue weighted by Crippen LogP contribution is -2.52. The Labute approximate surface area is 174 Å². The van der Waals surface area contributed by atoms with Gasteiger partial charge in [0.05, 0.1) is 0 Å². The zero-order valence-corrected chi connectivity index (χ0v) is 18.6. The van der Waals surface area contributed by atoms with Gasteiger partial charge in [0.1, 0.15) is 6.54 Å². The van der Waals surface area contributed by atoms with E-state index in [0.717, 1.165) is 13.0 Å². The molecule has 1 heterocycles. The summed E-state index contributed by atoms with van der Waals surface area (Å²) in [5.74, 6) is 1.54. The van der Waals surface area contributed by atoms with Gasteiger partial charge in [0.15, 0.2) is 5.96 Å². The molecule has 8 heteroatoms. The Hall–Kier alpha value is -1.06. The molecule has 2 amide bonds. The van der Waals surface area contributed by atoms with Crippen molar-refractivity contribution in [2.75, 3.05) is 40.8 Å². The SMILES string of the molecule is CN(C)C(=O)CN=C(NCC1CCCCC1)NC1CCC(=O)N(C)C1.I. The molecule has 0 bridgehead atoms. The van der Waals surface area contributed by atoms with Gasteiger partial charge in [-0.2, -0.15) is 0 Å². The minimum Gasteiger partial charge on any atom is -0.356 e. The van der Waals surface area contributed by atoms with Crippen LogP contribution in [0, 0.1) is 5.92 Å². The van der Waals surface area contributed by atoms with E-state index in [9.17, 15) is 9.59 Å². The van der Waals surface area contributed by atoms with Crippen LogP contribution in [0.1, 0.15) is 44.9 Å². The molecule has 2 fully saturated rings. The minimum absolute atomic E-state index is 0. The second-order valence-corrected chi connectivity index (χ2v) is 7.49. The lowest BCUT2D eigenvalue weighted by molar-refractivity contribution is -0.132. The molecule has 2 rings (SSSR count). The van der Waals surface area contributed by atoms with Gasteiger partial charge >= 0.3 is 0 Å². The van der Waals surface area contributed by atoms with Gasteiger partial charge in [0.25, 0.3) is 0 Å². The highest BCUT2D eigenvalue weighted by atomic mass is 127. The van der Waals surface area contributed by atoms with Crippen molar-refractivity contribution in [1.29, 1.82) is 0 Å². The molecular weight excluding hydrogens is 445 g/mol. The highest BCUT2D eigenvalue weighted by Gasteiger charge is 2.24. The van der Waals surface area contributed by atoms with Crippen molar-refractivity contribution in [3.05, 3.63) is 0 Å². The molecule has 0 spiro atoms. The summed E-state index contributed by atoms with van der Waals surface area (Å²) in [4.78, 5) is 31.3. The van der Waals surface area contributed by atoms with Crippen molar-refractivity contribution in [2.24, 2.45) is 10.9 Å². The smallest absolute Gasteiger partial charge is 0.243 e. The van der Waals surface area contributed by atoms with Crippen LogP contribution in [0.4, 0.5) is 0 Å². The third-order valence-corrected chi connectivity index (χ3v) is 5.12. The van der Waals surface area contributed by atoms with E-state index in [1.165, 1.54) is 32.1 Å². The van der Waals surface area contributed by atoms with E-state index in [0.29, 0.717) is 24.8 Å². The van der Waals surface area contributed by atoms with E-state index in [-0.39, 0.29) is 48.4 Å². The van der Waals surface area contributed by atoms with Crippen LogP contribution in [0.2, 0.25) is 0 Å². The van der Waals surface area contributed by atoms with Crippen LogP contribution >= 0.6 is 24.0 Å². The molecule has 1 atom stereocenters. The van der Waals surface area contributed by atoms with Crippen LogP contribution in [-0.2, 0) is 9.59 Å². The van der Waals surface area contributed by atoms with Gasteiger partial charge < -0.3 is 20.4 Å². The Bertz CT molecular complexity index is 492. The average molecular weight is 479 g/mol. The van der Waals surface area contributed by atoms with Crippen molar-refractivity contribution in [3.63, 3.8) is 0 Å². The molecule has 1 aliphatic carbocycles. The number of halogens is 1. The van der Waals surface area contributed by atoms with Crippen molar-refractivity contribution < 1.29 is 9.59 Å². The first kappa shape index (κ1) is 23.0. The maximum absolute atomic E-state index is 11.9. The van der Waals surface area contributed by atoms with Gasteiger partial charge in [-0.3, -0.25) is 9.59 Å². The molecule has 150 valence electrons. The number of piperidine rings is 1. The summed E-state index contributed by atoms with van der Waals surface area (Å²) in [5.41, 5.74) is 0. The van der Waals surface area contributed by atoms with Gasteiger partial charge in [-0.1, -0.05) is 19.3 Å². The Morgan fingerprint density at radius 2 is 1.92 bits per heavy atom. The summed E-state index contributed by atoms with van der Waals surface area (Å²) in [6.07, 6.45) is 7.84. The highest BCUT2D eigenvalue weighted by Crippen LogP contribution is 2.22. The number of amides is 2. The molecule has 0 aromatic rings. The standard InChI is InChI=1S/C18H33N5O2.HI/c1-22(2)17(25)12-20-18(19-11-14-7-5-4-6-8-14)21-15-9-10-16(24)23(3)13-15;/h14-15H,4-13H2,1-3H3,(H2,19,20,21);1H. The first-order chi connectivity index (χ1) is 12.0. The van der Waals surface area contributed by atoms with E-state index in [4.69, 9.17) is 0 Å². The van der Waals surface area contributed by atoms with Gasteiger partial charge in [-0.25, -0.2) is 4.99 Å². The molecule has 1 aliphatic heterocycles. The van der Waals surface area contributed by atoms with Gasteiger partial charge in [0, 0.05) is 46.7 Å². The molecule has 7 nitrogen and oxygen atoms in total. The molecular formula is C18H34IN5O2. The van der Waals surface area contributed by atoms with Crippen LogP contribution in [0.5, 0.6) is 0 Å². The third-order valence-electron chi connectivity index (χ3n) is 5.12. The molecule has 2 N–H and O–H groups in total. The predicted octanol–water partition coefficient (Wildman–Crippen LogP) is 1.43. The number of rotatable bonds is 5. The van der Waals surface area contributed by atoms with E-state index in [2.05, 4.69) is 15.6 Å².